The van der Waals surface area contributed by atoms with Crippen LogP contribution in [0, 0.1) is 23.3 Å². The standard InChI is InChI=1S/C22H14F4N2O2/c23-15-7-1-3-10-18(15)27-21(29)14(12-13-6-5-9-17(25)20(13)26)22(30)28-19-11-4-2-8-16(19)24/h1-12H,(H,27,29)(H,28,30). The minimum atomic E-state index is -1.28. The van der Waals surface area contributed by atoms with Crippen LogP contribution in [-0.2, 0) is 9.59 Å². The molecule has 152 valence electrons. The van der Waals surface area contributed by atoms with Gasteiger partial charge in [-0.3, -0.25) is 9.59 Å². The molecule has 0 radical (unpaired) electrons. The average molecular weight is 414 g/mol. The number of benzene rings is 3. The largest absolute Gasteiger partial charge is 0.319 e. The molecule has 0 spiro atoms. The minimum Gasteiger partial charge on any atom is -0.319 e. The van der Waals surface area contributed by atoms with E-state index in [1.807, 2.05) is 0 Å². The van der Waals surface area contributed by atoms with Crippen molar-refractivity contribution >= 4 is 29.3 Å². The van der Waals surface area contributed by atoms with Gasteiger partial charge in [0.05, 0.1) is 11.4 Å². The van der Waals surface area contributed by atoms with Crippen LogP contribution in [0.15, 0.2) is 72.3 Å². The molecule has 3 rings (SSSR count). The average Bonchev–Trinajstić information content (AvgIpc) is 2.72. The Hall–Kier alpha value is -3.94. The molecule has 0 aromatic heterocycles. The van der Waals surface area contributed by atoms with Crippen LogP contribution in [0.4, 0.5) is 28.9 Å². The molecule has 0 heterocycles. The molecule has 0 aliphatic rings. The number of carbonyl (C=O) groups is 2. The van der Waals surface area contributed by atoms with Gasteiger partial charge in [-0.2, -0.15) is 0 Å². The maximum absolute atomic E-state index is 14.1. The second-order valence-corrected chi connectivity index (χ2v) is 6.07. The van der Waals surface area contributed by atoms with E-state index in [-0.39, 0.29) is 11.4 Å². The number of rotatable bonds is 5. The molecule has 0 bridgehead atoms. The Morgan fingerprint density at radius 1 is 0.633 bits per heavy atom. The third kappa shape index (κ3) is 4.72. The minimum absolute atomic E-state index is 0.230. The summed E-state index contributed by atoms with van der Waals surface area (Å²) in [6.07, 6.45) is 0.796. The third-order valence-electron chi connectivity index (χ3n) is 4.01. The van der Waals surface area contributed by atoms with Crippen molar-refractivity contribution in [2.45, 2.75) is 0 Å². The Bertz CT molecular complexity index is 1080. The monoisotopic (exact) mass is 414 g/mol. The highest BCUT2D eigenvalue weighted by atomic mass is 19.2. The van der Waals surface area contributed by atoms with E-state index in [0.29, 0.717) is 0 Å². The predicted octanol–water partition coefficient (Wildman–Crippen LogP) is 4.90. The molecule has 30 heavy (non-hydrogen) atoms. The normalized spacial score (nSPS) is 10.3. The first-order valence-corrected chi connectivity index (χ1v) is 8.64. The molecular weight excluding hydrogens is 400 g/mol. The molecule has 2 amide bonds. The van der Waals surface area contributed by atoms with Crippen LogP contribution in [-0.4, -0.2) is 11.8 Å². The number of para-hydroxylation sites is 2. The van der Waals surface area contributed by atoms with Gasteiger partial charge in [0.15, 0.2) is 11.6 Å². The van der Waals surface area contributed by atoms with Gasteiger partial charge in [-0.05, 0) is 36.4 Å². The van der Waals surface area contributed by atoms with Crippen LogP contribution in [0.25, 0.3) is 6.08 Å². The van der Waals surface area contributed by atoms with Gasteiger partial charge in [0.25, 0.3) is 11.8 Å². The highest BCUT2D eigenvalue weighted by Crippen LogP contribution is 2.20. The number of halogens is 4. The SMILES string of the molecule is O=C(Nc1ccccc1F)C(=Cc1cccc(F)c1F)C(=O)Nc1ccccc1F. The fourth-order valence-corrected chi connectivity index (χ4v) is 2.53. The van der Waals surface area contributed by atoms with Gasteiger partial charge in [-0.15, -0.1) is 0 Å². The van der Waals surface area contributed by atoms with Crippen molar-refractivity contribution in [1.29, 1.82) is 0 Å². The molecule has 3 aromatic rings. The second-order valence-electron chi connectivity index (χ2n) is 6.07. The maximum atomic E-state index is 14.1. The van der Waals surface area contributed by atoms with Gasteiger partial charge in [0.2, 0.25) is 0 Å². The van der Waals surface area contributed by atoms with E-state index in [2.05, 4.69) is 10.6 Å². The number of amides is 2. The molecule has 0 atom stereocenters. The second kappa shape index (κ2) is 9.04. The zero-order chi connectivity index (χ0) is 21.7. The van der Waals surface area contributed by atoms with Gasteiger partial charge in [-0.25, -0.2) is 17.6 Å². The quantitative estimate of drug-likeness (QED) is 0.270. The predicted molar refractivity (Wildman–Crippen MR) is 104 cm³/mol. The van der Waals surface area contributed by atoms with Gasteiger partial charge in [0, 0.05) is 5.56 Å². The zero-order valence-electron chi connectivity index (χ0n) is 15.3. The fraction of sp³-hybridized carbons (Fsp3) is 0. The summed E-state index contributed by atoms with van der Waals surface area (Å²) >= 11 is 0. The van der Waals surface area contributed by atoms with Gasteiger partial charge < -0.3 is 10.6 Å². The first-order valence-electron chi connectivity index (χ1n) is 8.64. The lowest BCUT2D eigenvalue weighted by Crippen LogP contribution is -2.26. The summed E-state index contributed by atoms with van der Waals surface area (Å²) in [5.74, 6) is -6.21. The zero-order valence-corrected chi connectivity index (χ0v) is 15.3. The number of hydrogen-bond donors (Lipinski definition) is 2. The molecule has 0 fully saturated rings. The summed E-state index contributed by atoms with van der Waals surface area (Å²) in [5.41, 5.74) is -1.54. The lowest BCUT2D eigenvalue weighted by Gasteiger charge is -2.11. The van der Waals surface area contributed by atoms with E-state index in [4.69, 9.17) is 0 Å². The molecule has 0 aliphatic carbocycles. The van der Waals surface area contributed by atoms with E-state index < -0.39 is 46.2 Å². The molecular formula is C22H14F4N2O2. The highest BCUT2D eigenvalue weighted by molar-refractivity contribution is 6.28. The molecule has 0 unspecified atom stereocenters. The number of nitrogens with one attached hydrogen (secondary N) is 2. The molecule has 0 saturated carbocycles. The van der Waals surface area contributed by atoms with Gasteiger partial charge in [-0.1, -0.05) is 36.4 Å². The smallest absolute Gasteiger partial charge is 0.261 e. The highest BCUT2D eigenvalue weighted by Gasteiger charge is 2.22. The van der Waals surface area contributed by atoms with Crippen LogP contribution in [0.5, 0.6) is 0 Å². The van der Waals surface area contributed by atoms with Crippen molar-refractivity contribution < 1.29 is 27.2 Å². The Kier molecular flexibility index (Phi) is 6.26. The Morgan fingerprint density at radius 3 is 1.60 bits per heavy atom. The fourth-order valence-electron chi connectivity index (χ4n) is 2.53. The summed E-state index contributed by atoms with van der Waals surface area (Å²) in [7, 11) is 0. The van der Waals surface area contributed by atoms with E-state index in [1.165, 1.54) is 42.5 Å². The van der Waals surface area contributed by atoms with Crippen LogP contribution in [0.2, 0.25) is 0 Å². The molecule has 0 aliphatic heterocycles. The van der Waals surface area contributed by atoms with E-state index in [9.17, 15) is 27.2 Å². The van der Waals surface area contributed by atoms with E-state index in [1.54, 1.807) is 0 Å². The van der Waals surface area contributed by atoms with Crippen molar-refractivity contribution in [2.75, 3.05) is 10.6 Å². The molecule has 0 saturated heterocycles. The third-order valence-corrected chi connectivity index (χ3v) is 4.01. The van der Waals surface area contributed by atoms with Crippen LogP contribution in [0.1, 0.15) is 5.56 Å². The first kappa shape index (κ1) is 20.8. The topological polar surface area (TPSA) is 58.2 Å². The van der Waals surface area contributed by atoms with Gasteiger partial charge >= 0.3 is 0 Å². The van der Waals surface area contributed by atoms with Crippen molar-refractivity contribution in [1.82, 2.24) is 0 Å². The number of carbonyl (C=O) groups excluding carboxylic acids is 2. The Balaban J connectivity index is 1.99. The lowest BCUT2D eigenvalue weighted by atomic mass is 10.1. The summed E-state index contributed by atoms with van der Waals surface area (Å²) in [6.45, 7) is 0. The molecule has 4 nitrogen and oxygen atoms in total. The van der Waals surface area contributed by atoms with E-state index in [0.717, 1.165) is 30.3 Å². The summed E-state index contributed by atoms with van der Waals surface area (Å²) < 4.78 is 55.3. The molecule has 2 N–H and O–H groups in total. The van der Waals surface area contributed by atoms with Crippen molar-refractivity contribution in [3.8, 4) is 0 Å². The van der Waals surface area contributed by atoms with Gasteiger partial charge in [0.1, 0.15) is 17.2 Å². The lowest BCUT2D eigenvalue weighted by molar-refractivity contribution is -0.118. The van der Waals surface area contributed by atoms with Crippen molar-refractivity contribution in [3.63, 3.8) is 0 Å². The van der Waals surface area contributed by atoms with Crippen molar-refractivity contribution in [2.24, 2.45) is 0 Å². The van der Waals surface area contributed by atoms with Crippen LogP contribution >= 0.6 is 0 Å². The first-order chi connectivity index (χ1) is 14.4. The van der Waals surface area contributed by atoms with E-state index >= 15 is 0 Å². The number of hydrogen-bond acceptors (Lipinski definition) is 2. The summed E-state index contributed by atoms with van der Waals surface area (Å²) in [6, 6.07) is 13.6. The van der Waals surface area contributed by atoms with Crippen molar-refractivity contribution in [3.05, 3.63) is 101 Å². The molecule has 3 aromatic carbocycles. The Labute approximate surface area is 168 Å². The summed E-state index contributed by atoms with van der Waals surface area (Å²) in [5, 5.41) is 4.39. The molecule has 8 heteroatoms. The summed E-state index contributed by atoms with van der Waals surface area (Å²) in [4.78, 5) is 25.3. The van der Waals surface area contributed by atoms with Crippen LogP contribution < -0.4 is 10.6 Å². The van der Waals surface area contributed by atoms with Crippen LogP contribution in [0.3, 0.4) is 0 Å². The number of anilines is 2. The maximum Gasteiger partial charge on any atom is 0.261 e. The Morgan fingerprint density at radius 2 is 1.10 bits per heavy atom.